The number of amides is 1. The number of pyridine rings is 2. The topological polar surface area (TPSA) is 73.3 Å². The number of fused-ring (bicyclic) bond motifs is 2. The fraction of sp³-hybridized carbons (Fsp3) is 0.286. The first-order chi connectivity index (χ1) is 13.1. The molecule has 0 radical (unpaired) electrons. The Balaban J connectivity index is 1.84. The van der Waals surface area contributed by atoms with Gasteiger partial charge in [-0.25, -0.2) is 9.97 Å². The maximum absolute atomic E-state index is 12.3. The van der Waals surface area contributed by atoms with Crippen LogP contribution in [0.25, 0.3) is 22.3 Å². The molecule has 0 bridgehead atoms. The van der Waals surface area contributed by atoms with E-state index in [-0.39, 0.29) is 11.8 Å². The number of carbonyl (C=O) groups is 1. The van der Waals surface area contributed by atoms with Gasteiger partial charge in [-0.15, -0.1) is 0 Å². The van der Waals surface area contributed by atoms with Crippen LogP contribution in [0.15, 0.2) is 42.6 Å². The third-order valence-electron chi connectivity index (χ3n) is 4.39. The van der Waals surface area contributed by atoms with Crippen molar-refractivity contribution in [1.82, 2.24) is 9.97 Å². The van der Waals surface area contributed by atoms with E-state index in [4.69, 9.17) is 14.5 Å². The highest BCUT2D eigenvalue weighted by molar-refractivity contribution is 5.98. The Morgan fingerprint density at radius 2 is 1.93 bits per heavy atom. The SMILES string of the molecule is CC(C)C(=O)Nc1cc2cccnc2nc1-c1ccc2c(c1)OCCCO2. The standard InChI is InChI=1S/C21H21N3O3/c1-13(2)21(25)23-16-11-15-5-3-8-22-20(15)24-19(16)14-6-7-17-18(12-14)27-10-4-9-26-17/h3,5-8,11-13H,4,9-10H2,1-2H3,(H,23,25). The molecule has 138 valence electrons. The van der Waals surface area contributed by atoms with Gasteiger partial charge in [-0.05, 0) is 36.4 Å². The molecule has 3 aromatic rings. The predicted octanol–water partition coefficient (Wildman–Crippen LogP) is 4.05. The van der Waals surface area contributed by atoms with E-state index in [0.29, 0.717) is 36.0 Å². The molecule has 1 aromatic carbocycles. The number of rotatable bonds is 3. The Labute approximate surface area is 157 Å². The fourth-order valence-electron chi connectivity index (χ4n) is 2.91. The number of hydrogen-bond acceptors (Lipinski definition) is 5. The van der Waals surface area contributed by atoms with Gasteiger partial charge in [0, 0.05) is 29.5 Å². The smallest absolute Gasteiger partial charge is 0.226 e. The Morgan fingerprint density at radius 3 is 2.74 bits per heavy atom. The molecule has 0 fully saturated rings. The Kier molecular flexibility index (Phi) is 4.62. The molecule has 1 aliphatic heterocycles. The van der Waals surface area contributed by atoms with Crippen LogP contribution in [0.2, 0.25) is 0 Å². The van der Waals surface area contributed by atoms with Crippen LogP contribution in [0.3, 0.4) is 0 Å². The van der Waals surface area contributed by atoms with Crippen molar-refractivity contribution in [3.63, 3.8) is 0 Å². The Hall–Kier alpha value is -3.15. The van der Waals surface area contributed by atoms with Gasteiger partial charge in [-0.2, -0.15) is 0 Å². The average Bonchev–Trinajstić information content (AvgIpc) is 2.92. The van der Waals surface area contributed by atoms with Crippen LogP contribution in [0, 0.1) is 5.92 Å². The minimum Gasteiger partial charge on any atom is -0.490 e. The van der Waals surface area contributed by atoms with Crippen LogP contribution in [-0.2, 0) is 4.79 Å². The molecular formula is C21H21N3O3. The lowest BCUT2D eigenvalue weighted by Gasteiger charge is -2.15. The molecule has 27 heavy (non-hydrogen) atoms. The van der Waals surface area contributed by atoms with Gasteiger partial charge in [0.25, 0.3) is 0 Å². The summed E-state index contributed by atoms with van der Waals surface area (Å²) in [5.74, 6) is 1.22. The predicted molar refractivity (Wildman–Crippen MR) is 104 cm³/mol. The van der Waals surface area contributed by atoms with Gasteiger partial charge in [0.15, 0.2) is 17.1 Å². The van der Waals surface area contributed by atoms with E-state index in [1.54, 1.807) is 6.20 Å². The number of aromatic nitrogens is 2. The second-order valence-electron chi connectivity index (χ2n) is 6.79. The molecule has 0 aliphatic carbocycles. The minimum absolute atomic E-state index is 0.0596. The number of benzene rings is 1. The number of nitrogens with one attached hydrogen (secondary N) is 1. The van der Waals surface area contributed by atoms with Gasteiger partial charge < -0.3 is 14.8 Å². The third kappa shape index (κ3) is 3.56. The van der Waals surface area contributed by atoms with E-state index < -0.39 is 0 Å². The van der Waals surface area contributed by atoms with Gasteiger partial charge in [0.2, 0.25) is 5.91 Å². The first kappa shape index (κ1) is 17.3. The van der Waals surface area contributed by atoms with E-state index in [1.807, 2.05) is 50.2 Å². The van der Waals surface area contributed by atoms with E-state index in [9.17, 15) is 4.79 Å². The summed E-state index contributed by atoms with van der Waals surface area (Å²) in [6, 6.07) is 11.4. The highest BCUT2D eigenvalue weighted by Crippen LogP contribution is 2.37. The van der Waals surface area contributed by atoms with E-state index >= 15 is 0 Å². The molecule has 4 rings (SSSR count). The van der Waals surface area contributed by atoms with E-state index in [2.05, 4.69) is 10.3 Å². The van der Waals surface area contributed by atoms with Crippen molar-refractivity contribution in [2.75, 3.05) is 18.5 Å². The van der Waals surface area contributed by atoms with Crippen LogP contribution < -0.4 is 14.8 Å². The maximum Gasteiger partial charge on any atom is 0.226 e. The molecule has 0 saturated carbocycles. The highest BCUT2D eigenvalue weighted by atomic mass is 16.5. The zero-order valence-corrected chi connectivity index (χ0v) is 15.4. The van der Waals surface area contributed by atoms with Crippen molar-refractivity contribution in [2.45, 2.75) is 20.3 Å². The molecule has 1 N–H and O–H groups in total. The van der Waals surface area contributed by atoms with E-state index in [1.165, 1.54) is 0 Å². The number of ether oxygens (including phenoxy) is 2. The first-order valence-electron chi connectivity index (χ1n) is 9.08. The summed E-state index contributed by atoms with van der Waals surface area (Å²) in [6.45, 7) is 4.97. The Morgan fingerprint density at radius 1 is 1.11 bits per heavy atom. The summed E-state index contributed by atoms with van der Waals surface area (Å²) < 4.78 is 11.5. The van der Waals surface area contributed by atoms with Crippen molar-refractivity contribution in [3.8, 4) is 22.8 Å². The molecular weight excluding hydrogens is 342 g/mol. The number of nitrogens with zero attached hydrogens (tertiary/aromatic N) is 2. The van der Waals surface area contributed by atoms with Gasteiger partial charge in [-0.1, -0.05) is 13.8 Å². The summed E-state index contributed by atoms with van der Waals surface area (Å²) in [7, 11) is 0. The summed E-state index contributed by atoms with van der Waals surface area (Å²) in [4.78, 5) is 21.4. The molecule has 2 aromatic heterocycles. The lowest BCUT2D eigenvalue weighted by Crippen LogP contribution is -2.18. The molecule has 6 heteroatoms. The maximum atomic E-state index is 12.3. The number of carbonyl (C=O) groups excluding carboxylic acids is 1. The minimum atomic E-state index is -0.133. The van der Waals surface area contributed by atoms with Crippen LogP contribution in [0.4, 0.5) is 5.69 Å². The van der Waals surface area contributed by atoms with Crippen LogP contribution >= 0.6 is 0 Å². The molecule has 3 heterocycles. The average molecular weight is 363 g/mol. The van der Waals surface area contributed by atoms with Crippen molar-refractivity contribution in [3.05, 3.63) is 42.6 Å². The molecule has 0 unspecified atom stereocenters. The summed E-state index contributed by atoms with van der Waals surface area (Å²) in [5.41, 5.74) is 2.78. The normalized spacial score (nSPS) is 13.4. The summed E-state index contributed by atoms with van der Waals surface area (Å²) in [6.07, 6.45) is 2.55. The van der Waals surface area contributed by atoms with Gasteiger partial charge >= 0.3 is 0 Å². The number of anilines is 1. The van der Waals surface area contributed by atoms with Gasteiger partial charge in [0.1, 0.15) is 0 Å². The second-order valence-corrected chi connectivity index (χ2v) is 6.79. The van der Waals surface area contributed by atoms with Crippen LogP contribution in [0.1, 0.15) is 20.3 Å². The lowest BCUT2D eigenvalue weighted by molar-refractivity contribution is -0.118. The zero-order valence-electron chi connectivity index (χ0n) is 15.4. The molecule has 1 aliphatic rings. The molecule has 0 spiro atoms. The third-order valence-corrected chi connectivity index (χ3v) is 4.39. The fourth-order valence-corrected chi connectivity index (χ4v) is 2.91. The molecule has 6 nitrogen and oxygen atoms in total. The molecule has 1 amide bonds. The zero-order chi connectivity index (χ0) is 18.8. The summed E-state index contributed by atoms with van der Waals surface area (Å²) in [5, 5.41) is 3.86. The second kappa shape index (κ2) is 7.23. The van der Waals surface area contributed by atoms with Gasteiger partial charge in [0.05, 0.1) is 24.6 Å². The largest absolute Gasteiger partial charge is 0.490 e. The van der Waals surface area contributed by atoms with Gasteiger partial charge in [-0.3, -0.25) is 4.79 Å². The number of hydrogen-bond donors (Lipinski definition) is 1. The van der Waals surface area contributed by atoms with Crippen LogP contribution in [-0.4, -0.2) is 29.1 Å². The molecule has 0 atom stereocenters. The summed E-state index contributed by atoms with van der Waals surface area (Å²) >= 11 is 0. The van der Waals surface area contributed by atoms with Crippen molar-refractivity contribution in [2.24, 2.45) is 5.92 Å². The highest BCUT2D eigenvalue weighted by Gasteiger charge is 2.17. The van der Waals surface area contributed by atoms with Crippen molar-refractivity contribution < 1.29 is 14.3 Å². The molecule has 0 saturated heterocycles. The quantitative estimate of drug-likeness (QED) is 0.760. The van der Waals surface area contributed by atoms with Crippen molar-refractivity contribution >= 4 is 22.6 Å². The van der Waals surface area contributed by atoms with Crippen LogP contribution in [0.5, 0.6) is 11.5 Å². The first-order valence-corrected chi connectivity index (χ1v) is 9.08. The monoisotopic (exact) mass is 363 g/mol. The van der Waals surface area contributed by atoms with E-state index in [0.717, 1.165) is 23.1 Å². The lowest BCUT2D eigenvalue weighted by atomic mass is 10.1. The Bertz CT molecular complexity index is 1000. The van der Waals surface area contributed by atoms with Crippen molar-refractivity contribution in [1.29, 1.82) is 0 Å².